The third kappa shape index (κ3) is 9.27. The van der Waals surface area contributed by atoms with Crippen molar-refractivity contribution in [3.63, 3.8) is 0 Å². The van der Waals surface area contributed by atoms with Gasteiger partial charge in [-0.1, -0.05) is 48.5 Å². The molecule has 0 aliphatic heterocycles. The zero-order chi connectivity index (χ0) is 19.4. The van der Waals surface area contributed by atoms with E-state index in [9.17, 15) is 18.4 Å². The normalized spacial score (nSPS) is 10.6. The van der Waals surface area contributed by atoms with Gasteiger partial charge in [0.15, 0.2) is 0 Å². The number of carbonyl (C=O) groups excluding carboxylic acids is 2. The minimum absolute atomic E-state index is 0.00857. The van der Waals surface area contributed by atoms with Crippen LogP contribution in [0.15, 0.2) is 16.6 Å². The SMILES string of the molecule is CCCCCCCOC(=O)CCCC(=O)OCc1c(F)cc(Br)cc1F. The molecule has 0 fully saturated rings. The number of unbranched alkanes of at least 4 members (excludes halogenated alkanes) is 4. The predicted molar refractivity (Wildman–Crippen MR) is 97.4 cm³/mol. The van der Waals surface area contributed by atoms with Crippen LogP contribution < -0.4 is 0 Å². The molecule has 0 atom stereocenters. The van der Waals surface area contributed by atoms with Crippen molar-refractivity contribution in [3.8, 4) is 0 Å². The van der Waals surface area contributed by atoms with Gasteiger partial charge in [-0.25, -0.2) is 8.78 Å². The van der Waals surface area contributed by atoms with E-state index >= 15 is 0 Å². The van der Waals surface area contributed by atoms with Crippen molar-refractivity contribution in [3.05, 3.63) is 33.8 Å². The van der Waals surface area contributed by atoms with E-state index in [1.54, 1.807) is 0 Å². The summed E-state index contributed by atoms with van der Waals surface area (Å²) >= 11 is 2.98. The monoisotopic (exact) mass is 434 g/mol. The molecule has 1 rings (SSSR count). The van der Waals surface area contributed by atoms with Gasteiger partial charge in [-0.2, -0.15) is 0 Å². The second-order valence-corrected chi connectivity index (χ2v) is 6.91. The van der Waals surface area contributed by atoms with Gasteiger partial charge in [0.2, 0.25) is 0 Å². The summed E-state index contributed by atoms with van der Waals surface area (Å²) in [6, 6.07) is 2.20. The first-order valence-corrected chi connectivity index (χ1v) is 9.68. The lowest BCUT2D eigenvalue weighted by Crippen LogP contribution is -2.10. The molecule has 0 saturated heterocycles. The fourth-order valence-corrected chi connectivity index (χ4v) is 2.68. The smallest absolute Gasteiger partial charge is 0.306 e. The number of halogens is 3. The average Bonchev–Trinajstić information content (AvgIpc) is 2.57. The van der Waals surface area contributed by atoms with Crippen LogP contribution in [-0.4, -0.2) is 18.5 Å². The number of rotatable bonds is 12. The Bertz CT molecular complexity index is 570. The van der Waals surface area contributed by atoms with E-state index in [4.69, 9.17) is 9.47 Å². The highest BCUT2D eigenvalue weighted by Gasteiger charge is 2.13. The molecule has 1 aromatic carbocycles. The topological polar surface area (TPSA) is 52.6 Å². The summed E-state index contributed by atoms with van der Waals surface area (Å²) in [5.41, 5.74) is -0.302. The summed E-state index contributed by atoms with van der Waals surface area (Å²) in [6.07, 6.45) is 5.75. The molecule has 0 heterocycles. The Labute approximate surface area is 161 Å². The molecular formula is C19H25BrF2O4. The van der Waals surface area contributed by atoms with Gasteiger partial charge in [-0.15, -0.1) is 0 Å². The molecule has 0 spiro atoms. The maximum atomic E-state index is 13.6. The molecule has 0 aromatic heterocycles. The van der Waals surface area contributed by atoms with E-state index in [-0.39, 0.29) is 35.3 Å². The van der Waals surface area contributed by atoms with Crippen LogP contribution in [0.4, 0.5) is 8.78 Å². The highest BCUT2D eigenvalue weighted by Crippen LogP contribution is 2.20. The second-order valence-electron chi connectivity index (χ2n) is 6.00. The Morgan fingerprint density at radius 1 is 0.923 bits per heavy atom. The van der Waals surface area contributed by atoms with Crippen LogP contribution in [0.25, 0.3) is 0 Å². The number of hydrogen-bond acceptors (Lipinski definition) is 4. The molecule has 7 heteroatoms. The average molecular weight is 435 g/mol. The molecule has 0 bridgehead atoms. The summed E-state index contributed by atoms with van der Waals surface area (Å²) in [5, 5.41) is 0. The first-order chi connectivity index (χ1) is 12.4. The van der Waals surface area contributed by atoms with Crippen LogP contribution in [0, 0.1) is 11.6 Å². The fraction of sp³-hybridized carbons (Fsp3) is 0.579. The molecule has 0 N–H and O–H groups in total. The number of hydrogen-bond donors (Lipinski definition) is 0. The number of benzene rings is 1. The quantitative estimate of drug-likeness (QED) is 0.324. The van der Waals surface area contributed by atoms with Gasteiger partial charge in [-0.3, -0.25) is 9.59 Å². The standard InChI is InChI=1S/C19H25BrF2O4/c1-2-3-4-5-6-10-25-18(23)8-7-9-19(24)26-13-15-16(21)11-14(20)12-17(15)22/h11-12H,2-10,13H2,1H3. The maximum absolute atomic E-state index is 13.6. The zero-order valence-electron chi connectivity index (χ0n) is 15.0. The van der Waals surface area contributed by atoms with E-state index in [1.807, 2.05) is 0 Å². The highest BCUT2D eigenvalue weighted by atomic mass is 79.9. The first-order valence-electron chi connectivity index (χ1n) is 8.88. The van der Waals surface area contributed by atoms with E-state index in [0.717, 1.165) is 37.8 Å². The third-order valence-electron chi connectivity index (χ3n) is 3.76. The Morgan fingerprint density at radius 2 is 1.50 bits per heavy atom. The summed E-state index contributed by atoms with van der Waals surface area (Å²) in [6.45, 7) is 2.05. The Morgan fingerprint density at radius 3 is 2.12 bits per heavy atom. The van der Waals surface area contributed by atoms with Crippen LogP contribution in [0.5, 0.6) is 0 Å². The molecule has 26 heavy (non-hydrogen) atoms. The van der Waals surface area contributed by atoms with Crippen molar-refractivity contribution in [1.29, 1.82) is 0 Å². The van der Waals surface area contributed by atoms with Crippen LogP contribution in [-0.2, 0) is 25.7 Å². The van der Waals surface area contributed by atoms with Crippen LogP contribution in [0.3, 0.4) is 0 Å². The maximum Gasteiger partial charge on any atom is 0.306 e. The molecule has 0 aliphatic carbocycles. The third-order valence-corrected chi connectivity index (χ3v) is 4.21. The molecule has 146 valence electrons. The van der Waals surface area contributed by atoms with Crippen molar-refractivity contribution in [2.24, 2.45) is 0 Å². The molecule has 0 amide bonds. The minimum Gasteiger partial charge on any atom is -0.466 e. The van der Waals surface area contributed by atoms with Gasteiger partial charge in [0.1, 0.15) is 18.2 Å². The van der Waals surface area contributed by atoms with Gasteiger partial charge in [0.25, 0.3) is 0 Å². The first kappa shape index (κ1) is 22.5. The Kier molecular flexibility index (Phi) is 11.1. The fourth-order valence-electron chi connectivity index (χ4n) is 2.28. The molecule has 0 saturated carbocycles. The summed E-state index contributed by atoms with van der Waals surface area (Å²) in [4.78, 5) is 23.2. The van der Waals surface area contributed by atoms with Gasteiger partial charge in [0, 0.05) is 17.3 Å². The number of carbonyl (C=O) groups is 2. The van der Waals surface area contributed by atoms with E-state index in [1.165, 1.54) is 6.42 Å². The molecule has 1 aromatic rings. The van der Waals surface area contributed by atoms with Gasteiger partial charge in [0.05, 0.1) is 12.2 Å². The Hall–Kier alpha value is -1.50. The lowest BCUT2D eigenvalue weighted by molar-refractivity contribution is -0.146. The number of esters is 2. The van der Waals surface area contributed by atoms with Crippen LogP contribution in [0.2, 0.25) is 0 Å². The molecule has 0 radical (unpaired) electrons. The van der Waals surface area contributed by atoms with Crippen molar-refractivity contribution in [1.82, 2.24) is 0 Å². The predicted octanol–water partition coefficient (Wildman–Crippen LogP) is 5.45. The summed E-state index contributed by atoms with van der Waals surface area (Å²) < 4.78 is 37.4. The van der Waals surface area contributed by atoms with E-state index in [2.05, 4.69) is 22.9 Å². The van der Waals surface area contributed by atoms with Crippen molar-refractivity contribution >= 4 is 27.9 Å². The Balaban J connectivity index is 2.16. The molecular weight excluding hydrogens is 410 g/mol. The number of ether oxygens (including phenoxy) is 2. The zero-order valence-corrected chi connectivity index (χ0v) is 16.6. The van der Waals surface area contributed by atoms with Gasteiger partial charge in [-0.05, 0) is 25.0 Å². The highest BCUT2D eigenvalue weighted by molar-refractivity contribution is 9.10. The van der Waals surface area contributed by atoms with Crippen molar-refractivity contribution in [2.45, 2.75) is 64.9 Å². The lowest BCUT2D eigenvalue weighted by atomic mass is 10.2. The second kappa shape index (κ2) is 12.8. The summed E-state index contributed by atoms with van der Waals surface area (Å²) in [5.74, 6) is -2.53. The van der Waals surface area contributed by atoms with Crippen molar-refractivity contribution in [2.75, 3.05) is 6.61 Å². The minimum atomic E-state index is -0.785. The van der Waals surface area contributed by atoms with E-state index in [0.29, 0.717) is 6.61 Å². The van der Waals surface area contributed by atoms with Crippen LogP contribution in [0.1, 0.15) is 63.9 Å². The van der Waals surface area contributed by atoms with Gasteiger partial charge < -0.3 is 9.47 Å². The molecule has 4 nitrogen and oxygen atoms in total. The van der Waals surface area contributed by atoms with Crippen molar-refractivity contribution < 1.29 is 27.8 Å². The molecule has 0 aliphatic rings. The molecule has 0 unspecified atom stereocenters. The largest absolute Gasteiger partial charge is 0.466 e. The van der Waals surface area contributed by atoms with Crippen LogP contribution >= 0.6 is 15.9 Å². The lowest BCUT2D eigenvalue weighted by Gasteiger charge is -2.08. The van der Waals surface area contributed by atoms with Gasteiger partial charge >= 0.3 is 11.9 Å². The van der Waals surface area contributed by atoms with E-state index < -0.39 is 24.2 Å². The summed E-state index contributed by atoms with van der Waals surface area (Å²) in [7, 11) is 0.